The molecule has 0 saturated carbocycles. The summed E-state index contributed by atoms with van der Waals surface area (Å²) < 4.78 is 32.4. The molecule has 9 nitrogen and oxygen atoms in total. The van der Waals surface area contributed by atoms with E-state index in [1.54, 1.807) is 12.1 Å². The lowest BCUT2D eigenvalue weighted by Gasteiger charge is -2.35. The maximum Gasteiger partial charge on any atom is 0.256 e. The molecule has 1 amide bonds. The third-order valence-corrected chi connectivity index (χ3v) is 9.22. The Morgan fingerprint density at radius 3 is 2.51 bits per heavy atom. The summed E-state index contributed by atoms with van der Waals surface area (Å²) in [4.78, 5) is 25.5. The summed E-state index contributed by atoms with van der Waals surface area (Å²) in [7, 11) is -3.56. The van der Waals surface area contributed by atoms with Crippen molar-refractivity contribution in [2.45, 2.75) is 24.2 Å². The normalized spacial score (nSPS) is 19.3. The van der Waals surface area contributed by atoms with Gasteiger partial charge < -0.3 is 19.5 Å². The topological polar surface area (TPSA) is 98.8 Å². The Labute approximate surface area is 204 Å². The van der Waals surface area contributed by atoms with Crippen molar-refractivity contribution in [2.24, 2.45) is 0 Å². The number of H-pyrrole nitrogens is 1. The van der Waals surface area contributed by atoms with E-state index in [1.807, 2.05) is 17.0 Å². The third kappa shape index (κ3) is 3.99. The molecule has 6 rings (SSSR count). The van der Waals surface area contributed by atoms with Crippen LogP contribution < -0.4 is 4.90 Å². The van der Waals surface area contributed by atoms with Crippen LogP contribution in [0.5, 0.6) is 0 Å². The number of carbonyl (C=O) groups is 1. The largest absolute Gasteiger partial charge is 0.379 e. The van der Waals surface area contributed by atoms with Gasteiger partial charge in [-0.2, -0.15) is 4.31 Å². The Morgan fingerprint density at radius 1 is 0.971 bits per heavy atom. The number of anilines is 1. The van der Waals surface area contributed by atoms with Gasteiger partial charge in [0.1, 0.15) is 10.7 Å². The number of fused-ring (bicyclic) bond motifs is 3. The predicted molar refractivity (Wildman–Crippen MR) is 132 cm³/mol. The van der Waals surface area contributed by atoms with Crippen LogP contribution in [0.2, 0.25) is 0 Å². The smallest absolute Gasteiger partial charge is 0.256 e. The number of benzene rings is 1. The minimum absolute atomic E-state index is 0.0510. The first-order valence-corrected chi connectivity index (χ1v) is 13.7. The van der Waals surface area contributed by atoms with Gasteiger partial charge in [-0.15, -0.1) is 0 Å². The molecule has 35 heavy (non-hydrogen) atoms. The highest BCUT2D eigenvalue weighted by atomic mass is 32.2. The number of sulfonamides is 1. The zero-order valence-corrected chi connectivity index (χ0v) is 20.4. The molecule has 2 saturated heterocycles. The number of rotatable bonds is 4. The number of pyridine rings is 1. The van der Waals surface area contributed by atoms with Crippen molar-refractivity contribution >= 4 is 32.7 Å². The fourth-order valence-corrected chi connectivity index (χ4v) is 6.76. The van der Waals surface area contributed by atoms with Gasteiger partial charge in [-0.25, -0.2) is 13.4 Å². The lowest BCUT2D eigenvalue weighted by molar-refractivity contribution is 0.0730. The Hall–Kier alpha value is -2.95. The van der Waals surface area contributed by atoms with Gasteiger partial charge in [0.2, 0.25) is 10.0 Å². The van der Waals surface area contributed by atoms with Crippen LogP contribution in [-0.2, 0) is 27.6 Å². The minimum atomic E-state index is -3.56. The first kappa shape index (κ1) is 22.5. The summed E-state index contributed by atoms with van der Waals surface area (Å²) in [5.41, 5.74) is 4.34. The van der Waals surface area contributed by atoms with E-state index in [0.717, 1.165) is 29.7 Å². The molecule has 4 heterocycles. The highest BCUT2D eigenvalue weighted by Gasteiger charge is 2.28. The molecular formula is C25H29N5O4S. The van der Waals surface area contributed by atoms with Crippen LogP contribution in [0, 0.1) is 0 Å². The summed E-state index contributed by atoms with van der Waals surface area (Å²) in [6.45, 7) is 4.01. The molecule has 184 valence electrons. The number of hydrogen-bond acceptors (Lipinski definition) is 6. The number of aryl methyl sites for hydroxylation is 2. The second-order valence-corrected chi connectivity index (χ2v) is 11.2. The van der Waals surface area contributed by atoms with Gasteiger partial charge in [0.15, 0.2) is 0 Å². The van der Waals surface area contributed by atoms with Crippen molar-refractivity contribution in [3.05, 3.63) is 53.3 Å². The van der Waals surface area contributed by atoms with Gasteiger partial charge in [0, 0.05) is 56.5 Å². The van der Waals surface area contributed by atoms with Gasteiger partial charge in [0.05, 0.1) is 24.3 Å². The Bertz CT molecular complexity index is 1350. The van der Waals surface area contributed by atoms with Crippen LogP contribution in [0.3, 0.4) is 0 Å². The van der Waals surface area contributed by atoms with Crippen molar-refractivity contribution in [1.29, 1.82) is 0 Å². The van der Waals surface area contributed by atoms with E-state index in [-0.39, 0.29) is 10.8 Å². The number of carbonyl (C=O) groups excluding carboxylic acids is 1. The number of aromatic amines is 1. The molecule has 0 radical (unpaired) electrons. The van der Waals surface area contributed by atoms with Gasteiger partial charge in [-0.3, -0.25) is 4.79 Å². The fraction of sp³-hybridized carbons (Fsp3) is 0.440. The number of amides is 1. The summed E-state index contributed by atoms with van der Waals surface area (Å²) >= 11 is 0. The highest BCUT2D eigenvalue weighted by molar-refractivity contribution is 7.89. The maximum atomic E-state index is 13.4. The summed E-state index contributed by atoms with van der Waals surface area (Å²) in [5.74, 6) is 0.774. The van der Waals surface area contributed by atoms with Crippen LogP contribution in [0.25, 0.3) is 10.9 Å². The van der Waals surface area contributed by atoms with Crippen LogP contribution in [0.15, 0.2) is 41.4 Å². The molecule has 1 aromatic carbocycles. The minimum Gasteiger partial charge on any atom is -0.379 e. The van der Waals surface area contributed by atoms with Crippen LogP contribution in [0.4, 0.5) is 5.82 Å². The van der Waals surface area contributed by atoms with Gasteiger partial charge in [-0.1, -0.05) is 12.1 Å². The molecule has 0 unspecified atom stereocenters. The summed E-state index contributed by atoms with van der Waals surface area (Å²) in [6.07, 6.45) is 4.73. The number of para-hydroxylation sites is 1. The van der Waals surface area contributed by atoms with E-state index in [2.05, 4.69) is 20.9 Å². The average molecular weight is 496 g/mol. The van der Waals surface area contributed by atoms with Crippen molar-refractivity contribution in [1.82, 2.24) is 19.2 Å². The van der Waals surface area contributed by atoms with Crippen LogP contribution >= 0.6 is 0 Å². The van der Waals surface area contributed by atoms with Crippen LogP contribution in [-0.4, -0.2) is 86.0 Å². The molecule has 2 fully saturated rings. The maximum absolute atomic E-state index is 13.4. The molecule has 2 aromatic heterocycles. The summed E-state index contributed by atoms with van der Waals surface area (Å²) in [6, 6.07) is 9.38. The second kappa shape index (κ2) is 8.92. The molecule has 0 bridgehead atoms. The van der Waals surface area contributed by atoms with E-state index >= 15 is 0 Å². The Kier molecular flexibility index (Phi) is 5.74. The number of ether oxygens (including phenoxy) is 1. The van der Waals surface area contributed by atoms with Crippen molar-refractivity contribution in [2.75, 3.05) is 57.4 Å². The second-order valence-electron chi connectivity index (χ2n) is 9.31. The average Bonchev–Trinajstić information content (AvgIpc) is 3.51. The Balaban J connectivity index is 1.13. The van der Waals surface area contributed by atoms with E-state index in [9.17, 15) is 13.2 Å². The fourth-order valence-electron chi connectivity index (χ4n) is 5.40. The molecular weight excluding hydrogens is 466 g/mol. The van der Waals surface area contributed by atoms with E-state index in [1.165, 1.54) is 33.6 Å². The first-order valence-electron chi connectivity index (χ1n) is 12.2. The molecule has 10 heteroatoms. The van der Waals surface area contributed by atoms with E-state index in [4.69, 9.17) is 4.74 Å². The van der Waals surface area contributed by atoms with Crippen molar-refractivity contribution in [3.8, 4) is 0 Å². The zero-order valence-electron chi connectivity index (χ0n) is 19.6. The number of piperazine rings is 1. The van der Waals surface area contributed by atoms with Crippen molar-refractivity contribution in [3.63, 3.8) is 0 Å². The number of morpholine rings is 1. The quantitative estimate of drug-likeness (QED) is 0.595. The zero-order chi connectivity index (χ0) is 24.0. The number of nitrogens with zero attached hydrogens (tertiary/aromatic N) is 4. The van der Waals surface area contributed by atoms with E-state index in [0.29, 0.717) is 52.5 Å². The lowest BCUT2D eigenvalue weighted by atomic mass is 10.1. The third-order valence-electron chi connectivity index (χ3n) is 7.33. The molecule has 2 aliphatic heterocycles. The predicted octanol–water partition coefficient (Wildman–Crippen LogP) is 2.03. The monoisotopic (exact) mass is 495 g/mol. The molecule has 1 N–H and O–H groups in total. The summed E-state index contributed by atoms with van der Waals surface area (Å²) in [5, 5.41) is 1.18. The molecule has 0 atom stereocenters. The van der Waals surface area contributed by atoms with Gasteiger partial charge in [-0.05, 0) is 43.0 Å². The van der Waals surface area contributed by atoms with Gasteiger partial charge in [0.25, 0.3) is 5.91 Å². The standard InChI is InChI=1S/C25H29N5O4S/c31-25(21-5-1-4-20-19-3-2-6-22(19)27-24(20)21)29-11-9-28(10-12-29)23-8-7-18(17-26-23)35(32,33)30-13-15-34-16-14-30/h1,4-5,7-8,17,27H,2-3,6,9-16H2. The first-order chi connectivity index (χ1) is 17.0. The Morgan fingerprint density at radius 2 is 1.77 bits per heavy atom. The molecule has 1 aliphatic carbocycles. The van der Waals surface area contributed by atoms with Gasteiger partial charge >= 0.3 is 0 Å². The lowest BCUT2D eigenvalue weighted by Crippen LogP contribution is -2.49. The van der Waals surface area contributed by atoms with Crippen LogP contribution in [0.1, 0.15) is 28.0 Å². The highest BCUT2D eigenvalue weighted by Crippen LogP contribution is 2.32. The molecule has 3 aromatic rings. The molecule has 0 spiro atoms. The number of hydrogen-bond donors (Lipinski definition) is 1. The SMILES string of the molecule is O=C(c1cccc2c3c([nH]c12)CCC3)N1CCN(c2ccc(S(=O)(=O)N3CCOCC3)cn2)CC1. The van der Waals surface area contributed by atoms with E-state index < -0.39 is 10.0 Å². The molecule has 3 aliphatic rings. The van der Waals surface area contributed by atoms with Crippen molar-refractivity contribution < 1.29 is 17.9 Å². The number of aromatic nitrogens is 2. The number of nitrogens with one attached hydrogen (secondary N) is 1.